The van der Waals surface area contributed by atoms with Crippen LogP contribution in [0.25, 0.3) is 0 Å². The van der Waals surface area contributed by atoms with Gasteiger partial charge in [-0.1, -0.05) is 28.4 Å². The number of rotatable bonds is 6. The second-order valence-corrected chi connectivity index (χ2v) is 6.36. The summed E-state index contributed by atoms with van der Waals surface area (Å²) in [5, 5.41) is 12.0. The Balaban J connectivity index is 1.86. The predicted molar refractivity (Wildman–Crippen MR) is 85.9 cm³/mol. The summed E-state index contributed by atoms with van der Waals surface area (Å²) in [7, 11) is 1.61. The molecule has 1 aromatic carbocycles. The van der Waals surface area contributed by atoms with Gasteiger partial charge in [-0.3, -0.25) is 9.59 Å². The number of amides is 1. The second-order valence-electron chi connectivity index (χ2n) is 5.51. The molecule has 1 aliphatic carbocycles. The number of benzene rings is 1. The Hall–Kier alpha value is -1.56. The van der Waals surface area contributed by atoms with Gasteiger partial charge >= 0.3 is 5.97 Å². The second kappa shape index (κ2) is 7.63. The van der Waals surface area contributed by atoms with Gasteiger partial charge in [-0.2, -0.15) is 0 Å². The topological polar surface area (TPSA) is 75.6 Å². The van der Waals surface area contributed by atoms with Crippen LogP contribution in [-0.4, -0.2) is 30.1 Å². The highest BCUT2D eigenvalue weighted by molar-refractivity contribution is 9.10. The van der Waals surface area contributed by atoms with Gasteiger partial charge < -0.3 is 15.2 Å². The van der Waals surface area contributed by atoms with E-state index in [2.05, 4.69) is 21.2 Å². The van der Waals surface area contributed by atoms with E-state index in [0.717, 1.165) is 28.6 Å². The molecule has 5 nitrogen and oxygen atoms in total. The summed E-state index contributed by atoms with van der Waals surface area (Å²) in [6.07, 6.45) is 3.18. The minimum Gasteiger partial charge on any atom is -0.497 e. The van der Waals surface area contributed by atoms with Crippen molar-refractivity contribution in [3.05, 3.63) is 28.2 Å². The molecule has 22 heavy (non-hydrogen) atoms. The largest absolute Gasteiger partial charge is 0.497 e. The van der Waals surface area contributed by atoms with E-state index in [1.165, 1.54) is 0 Å². The Morgan fingerprint density at radius 1 is 1.41 bits per heavy atom. The van der Waals surface area contributed by atoms with Gasteiger partial charge in [-0.15, -0.1) is 0 Å². The number of carbonyl (C=O) groups excluding carboxylic acids is 1. The first kappa shape index (κ1) is 16.8. The molecular weight excluding hydrogens is 350 g/mol. The third kappa shape index (κ3) is 4.22. The van der Waals surface area contributed by atoms with Crippen LogP contribution in [0.2, 0.25) is 0 Å². The Bertz CT molecular complexity index is 561. The van der Waals surface area contributed by atoms with Crippen molar-refractivity contribution >= 4 is 27.8 Å². The van der Waals surface area contributed by atoms with E-state index < -0.39 is 11.9 Å². The molecule has 0 unspecified atom stereocenters. The maximum Gasteiger partial charge on any atom is 0.308 e. The van der Waals surface area contributed by atoms with E-state index in [-0.39, 0.29) is 11.9 Å². The number of hydrogen-bond donors (Lipinski definition) is 2. The van der Waals surface area contributed by atoms with Crippen LogP contribution < -0.4 is 10.1 Å². The monoisotopic (exact) mass is 369 g/mol. The van der Waals surface area contributed by atoms with Crippen LogP contribution in [0, 0.1) is 5.92 Å². The lowest BCUT2D eigenvalue weighted by Crippen LogP contribution is -2.40. The lowest BCUT2D eigenvalue weighted by Gasteiger charge is -2.17. The van der Waals surface area contributed by atoms with Crippen LogP contribution in [-0.2, 0) is 16.0 Å². The Kier molecular flexibility index (Phi) is 5.83. The lowest BCUT2D eigenvalue weighted by molar-refractivity contribution is -0.142. The average molecular weight is 370 g/mol. The molecule has 0 spiro atoms. The van der Waals surface area contributed by atoms with Crippen LogP contribution in [0.1, 0.15) is 31.2 Å². The average Bonchev–Trinajstić information content (AvgIpc) is 2.94. The molecule has 6 heteroatoms. The van der Waals surface area contributed by atoms with Crippen LogP contribution >= 0.6 is 15.9 Å². The van der Waals surface area contributed by atoms with Crippen molar-refractivity contribution < 1.29 is 19.4 Å². The Morgan fingerprint density at radius 3 is 2.82 bits per heavy atom. The van der Waals surface area contributed by atoms with Crippen molar-refractivity contribution in [1.82, 2.24) is 5.32 Å². The molecule has 1 aliphatic rings. The number of aryl methyl sites for hydroxylation is 1. The number of ether oxygens (including phenoxy) is 1. The number of nitrogens with one attached hydrogen (secondary N) is 1. The molecule has 0 saturated heterocycles. The number of hydrogen-bond acceptors (Lipinski definition) is 3. The van der Waals surface area contributed by atoms with Gasteiger partial charge in [0.1, 0.15) is 5.75 Å². The molecule has 0 radical (unpaired) electrons. The maximum atomic E-state index is 12.0. The molecular formula is C16H20BrNO4. The van der Waals surface area contributed by atoms with E-state index in [1.54, 1.807) is 7.11 Å². The summed E-state index contributed by atoms with van der Waals surface area (Å²) in [6, 6.07) is 5.41. The standard InChI is InChI=1S/C16H20BrNO4/c1-22-11-7-5-10(13(17)9-11)6-8-15(19)18-14-4-2-3-12(14)16(20)21/h5,7,9,12,14H,2-4,6,8H2,1H3,(H,18,19)(H,20,21)/t12-,14+/m0/s1. The summed E-state index contributed by atoms with van der Waals surface area (Å²) in [5.74, 6) is -0.603. The number of halogens is 1. The first-order valence-electron chi connectivity index (χ1n) is 7.36. The highest BCUT2D eigenvalue weighted by Gasteiger charge is 2.33. The van der Waals surface area contributed by atoms with Gasteiger partial charge in [0, 0.05) is 16.9 Å². The van der Waals surface area contributed by atoms with Gasteiger partial charge in [0.15, 0.2) is 0 Å². The molecule has 2 rings (SSSR count). The molecule has 120 valence electrons. The molecule has 0 aliphatic heterocycles. The van der Waals surface area contributed by atoms with Crippen LogP contribution in [0.3, 0.4) is 0 Å². The molecule has 1 saturated carbocycles. The normalized spacial score (nSPS) is 20.6. The third-order valence-corrected chi connectivity index (χ3v) is 4.80. The zero-order chi connectivity index (χ0) is 16.1. The number of methoxy groups -OCH3 is 1. The van der Waals surface area contributed by atoms with Crippen molar-refractivity contribution in [2.45, 2.75) is 38.1 Å². The molecule has 1 amide bonds. The van der Waals surface area contributed by atoms with Gasteiger partial charge in [-0.05, 0) is 37.0 Å². The number of carboxylic acids is 1. The smallest absolute Gasteiger partial charge is 0.308 e. The fourth-order valence-corrected chi connectivity index (χ4v) is 3.37. The molecule has 0 aromatic heterocycles. The Labute approximate surface area is 138 Å². The Morgan fingerprint density at radius 2 is 2.18 bits per heavy atom. The fraction of sp³-hybridized carbons (Fsp3) is 0.500. The first-order chi connectivity index (χ1) is 10.5. The molecule has 1 aromatic rings. The number of carbonyl (C=O) groups is 2. The first-order valence-corrected chi connectivity index (χ1v) is 8.15. The summed E-state index contributed by atoms with van der Waals surface area (Å²) < 4.78 is 6.04. The van der Waals surface area contributed by atoms with Crippen molar-refractivity contribution in [3.8, 4) is 5.75 Å². The van der Waals surface area contributed by atoms with Gasteiger partial charge in [-0.25, -0.2) is 0 Å². The van der Waals surface area contributed by atoms with Crippen LogP contribution in [0.15, 0.2) is 22.7 Å². The molecule has 0 bridgehead atoms. The van der Waals surface area contributed by atoms with Crippen molar-refractivity contribution in [3.63, 3.8) is 0 Å². The van der Waals surface area contributed by atoms with Crippen molar-refractivity contribution in [2.75, 3.05) is 7.11 Å². The molecule has 2 atom stereocenters. The van der Waals surface area contributed by atoms with E-state index >= 15 is 0 Å². The van der Waals surface area contributed by atoms with Gasteiger partial charge in [0.2, 0.25) is 5.91 Å². The molecule has 1 fully saturated rings. The zero-order valence-corrected chi connectivity index (χ0v) is 14.1. The highest BCUT2D eigenvalue weighted by Crippen LogP contribution is 2.26. The highest BCUT2D eigenvalue weighted by atomic mass is 79.9. The number of carboxylic acid groups (broad SMARTS) is 1. The van der Waals surface area contributed by atoms with Crippen molar-refractivity contribution in [1.29, 1.82) is 0 Å². The summed E-state index contributed by atoms with van der Waals surface area (Å²) >= 11 is 3.47. The summed E-state index contributed by atoms with van der Waals surface area (Å²) in [5.41, 5.74) is 1.03. The van der Waals surface area contributed by atoms with Crippen LogP contribution in [0.5, 0.6) is 5.75 Å². The minimum atomic E-state index is -0.819. The van der Waals surface area contributed by atoms with Gasteiger partial charge in [0.25, 0.3) is 0 Å². The van der Waals surface area contributed by atoms with E-state index in [1.807, 2.05) is 18.2 Å². The minimum absolute atomic E-state index is 0.0964. The molecule has 2 N–H and O–H groups in total. The lowest BCUT2D eigenvalue weighted by atomic mass is 10.0. The van der Waals surface area contributed by atoms with Gasteiger partial charge in [0.05, 0.1) is 13.0 Å². The SMILES string of the molecule is COc1ccc(CCC(=O)N[C@@H]2CCC[C@@H]2C(=O)O)c(Br)c1. The summed E-state index contributed by atoms with van der Waals surface area (Å²) in [6.45, 7) is 0. The third-order valence-electron chi connectivity index (χ3n) is 4.06. The predicted octanol–water partition coefficient (Wildman–Crippen LogP) is 2.76. The summed E-state index contributed by atoms with van der Waals surface area (Å²) in [4.78, 5) is 23.1. The van der Waals surface area contributed by atoms with E-state index in [4.69, 9.17) is 9.84 Å². The number of aliphatic carboxylic acids is 1. The fourth-order valence-electron chi connectivity index (χ4n) is 2.81. The van der Waals surface area contributed by atoms with E-state index in [0.29, 0.717) is 19.3 Å². The zero-order valence-electron chi connectivity index (χ0n) is 12.5. The quantitative estimate of drug-likeness (QED) is 0.808. The van der Waals surface area contributed by atoms with Crippen molar-refractivity contribution in [2.24, 2.45) is 5.92 Å². The maximum absolute atomic E-state index is 12.0. The van der Waals surface area contributed by atoms with E-state index in [9.17, 15) is 9.59 Å². The van der Waals surface area contributed by atoms with Crippen LogP contribution in [0.4, 0.5) is 0 Å². The molecule has 0 heterocycles.